The van der Waals surface area contributed by atoms with E-state index in [1.807, 2.05) is 0 Å². The molecule has 0 heterocycles. The Morgan fingerprint density at radius 1 is 1.39 bits per heavy atom. The fourth-order valence-electron chi connectivity index (χ4n) is 1.18. The molecule has 0 unspecified atom stereocenters. The lowest BCUT2D eigenvalue weighted by Gasteiger charge is -2.05. The predicted molar refractivity (Wildman–Crippen MR) is 70.5 cm³/mol. The van der Waals surface area contributed by atoms with Crippen LogP contribution in [0.15, 0.2) is 35.9 Å². The molecule has 96 valence electrons. The van der Waals surface area contributed by atoms with Gasteiger partial charge >= 0.3 is 5.97 Å². The predicted octanol–water partition coefficient (Wildman–Crippen LogP) is 2.79. The van der Waals surface area contributed by atoms with Crippen LogP contribution in [0.5, 0.6) is 0 Å². The quantitative estimate of drug-likeness (QED) is 0.674. The van der Waals surface area contributed by atoms with E-state index >= 15 is 0 Å². The molecular weight excluding hydrogens is 254 g/mol. The normalized spacial score (nSPS) is 9.50. The topological polar surface area (TPSA) is 55.4 Å². The third-order valence-electron chi connectivity index (χ3n) is 1.86. The number of ether oxygens (including phenoxy) is 1. The van der Waals surface area contributed by atoms with E-state index in [0.29, 0.717) is 10.7 Å². The Bertz CT molecular complexity index is 479. The van der Waals surface area contributed by atoms with E-state index in [1.54, 1.807) is 38.1 Å². The second-order valence-electron chi connectivity index (χ2n) is 3.89. The molecule has 1 rings (SSSR count). The number of halogens is 1. The number of nitrogens with one attached hydrogen (secondary N) is 1. The maximum absolute atomic E-state index is 11.5. The van der Waals surface area contributed by atoms with Crippen molar-refractivity contribution in [2.45, 2.75) is 13.8 Å². The van der Waals surface area contributed by atoms with Gasteiger partial charge in [0.1, 0.15) is 0 Å². The fraction of sp³-hybridized carbons (Fsp3) is 0.231. The Hall–Kier alpha value is -1.81. The van der Waals surface area contributed by atoms with Gasteiger partial charge in [-0.3, -0.25) is 4.79 Å². The second-order valence-corrected chi connectivity index (χ2v) is 4.32. The van der Waals surface area contributed by atoms with Crippen LogP contribution >= 0.6 is 11.6 Å². The molecule has 1 aromatic carbocycles. The summed E-state index contributed by atoms with van der Waals surface area (Å²) < 4.78 is 4.76. The summed E-state index contributed by atoms with van der Waals surface area (Å²) in [5.41, 5.74) is 1.38. The summed E-state index contributed by atoms with van der Waals surface area (Å²) in [5.74, 6) is -0.941. The third kappa shape index (κ3) is 5.50. The lowest BCUT2D eigenvalue weighted by molar-refractivity contribution is -0.142. The first-order chi connectivity index (χ1) is 8.47. The smallest absolute Gasteiger partial charge is 0.331 e. The highest BCUT2D eigenvalue weighted by Crippen LogP contribution is 2.14. The fourth-order valence-corrected chi connectivity index (χ4v) is 1.37. The van der Waals surface area contributed by atoms with Crippen LogP contribution in [0.1, 0.15) is 13.8 Å². The Morgan fingerprint density at radius 3 is 2.72 bits per heavy atom. The van der Waals surface area contributed by atoms with Gasteiger partial charge in [0.05, 0.1) is 0 Å². The van der Waals surface area contributed by atoms with Crippen LogP contribution in [0.3, 0.4) is 0 Å². The molecule has 0 aliphatic carbocycles. The van der Waals surface area contributed by atoms with E-state index in [0.717, 1.165) is 5.57 Å². The molecule has 0 radical (unpaired) electrons. The number of hydrogen-bond acceptors (Lipinski definition) is 3. The minimum atomic E-state index is -0.531. The summed E-state index contributed by atoms with van der Waals surface area (Å²) >= 11 is 5.77. The minimum absolute atomic E-state index is 0.324. The summed E-state index contributed by atoms with van der Waals surface area (Å²) in [6, 6.07) is 6.72. The summed E-state index contributed by atoms with van der Waals surface area (Å²) in [5, 5.41) is 3.09. The van der Waals surface area contributed by atoms with Crippen molar-refractivity contribution < 1.29 is 14.3 Å². The maximum Gasteiger partial charge on any atom is 0.331 e. The first kappa shape index (κ1) is 14.3. The van der Waals surface area contributed by atoms with Gasteiger partial charge in [-0.1, -0.05) is 23.2 Å². The van der Waals surface area contributed by atoms with E-state index in [1.165, 1.54) is 6.08 Å². The molecule has 0 saturated heterocycles. The zero-order chi connectivity index (χ0) is 13.5. The Balaban J connectivity index is 2.43. The molecule has 0 atom stereocenters. The largest absolute Gasteiger partial charge is 0.452 e. The molecule has 0 spiro atoms. The van der Waals surface area contributed by atoms with Crippen molar-refractivity contribution in [3.05, 3.63) is 40.9 Å². The molecule has 1 N–H and O–H groups in total. The number of hydrogen-bond donors (Lipinski definition) is 1. The second kappa shape index (κ2) is 6.81. The lowest BCUT2D eigenvalue weighted by atomic mass is 10.3. The van der Waals surface area contributed by atoms with E-state index < -0.39 is 11.9 Å². The van der Waals surface area contributed by atoms with E-state index in [9.17, 15) is 9.59 Å². The molecule has 0 bridgehead atoms. The maximum atomic E-state index is 11.5. The summed E-state index contributed by atoms with van der Waals surface area (Å²) in [4.78, 5) is 22.6. The number of allylic oxidation sites excluding steroid dienone is 1. The minimum Gasteiger partial charge on any atom is -0.452 e. The zero-order valence-corrected chi connectivity index (χ0v) is 11.0. The molecule has 0 saturated carbocycles. The van der Waals surface area contributed by atoms with Gasteiger partial charge in [0.25, 0.3) is 5.91 Å². The van der Waals surface area contributed by atoms with Crippen LogP contribution in [0, 0.1) is 0 Å². The van der Waals surface area contributed by atoms with Crippen LogP contribution < -0.4 is 5.32 Å². The highest BCUT2D eigenvalue weighted by molar-refractivity contribution is 6.30. The average molecular weight is 268 g/mol. The Kier molecular flexibility index (Phi) is 5.39. The number of benzene rings is 1. The van der Waals surface area contributed by atoms with Crippen molar-refractivity contribution in [3.8, 4) is 0 Å². The molecule has 18 heavy (non-hydrogen) atoms. The van der Waals surface area contributed by atoms with E-state index in [4.69, 9.17) is 16.3 Å². The monoisotopic (exact) mass is 267 g/mol. The lowest BCUT2D eigenvalue weighted by Crippen LogP contribution is -2.20. The first-order valence-corrected chi connectivity index (χ1v) is 5.72. The van der Waals surface area contributed by atoms with Crippen molar-refractivity contribution in [3.63, 3.8) is 0 Å². The highest BCUT2D eigenvalue weighted by Gasteiger charge is 2.06. The van der Waals surface area contributed by atoms with Gasteiger partial charge < -0.3 is 10.1 Å². The molecule has 5 heteroatoms. The summed E-state index contributed by atoms with van der Waals surface area (Å²) in [7, 11) is 0. The molecule has 0 fully saturated rings. The van der Waals surface area contributed by atoms with Crippen LogP contribution in [0.4, 0.5) is 5.69 Å². The molecular formula is C13H14ClNO3. The van der Waals surface area contributed by atoms with Gasteiger partial charge in [0, 0.05) is 16.8 Å². The molecule has 0 aliphatic heterocycles. The number of esters is 1. The van der Waals surface area contributed by atoms with Crippen molar-refractivity contribution >= 4 is 29.2 Å². The van der Waals surface area contributed by atoms with E-state index in [2.05, 4.69) is 5.32 Å². The molecule has 1 aromatic rings. The number of rotatable bonds is 4. The summed E-state index contributed by atoms with van der Waals surface area (Å²) in [6.07, 6.45) is 1.33. The number of anilines is 1. The standard InChI is InChI=1S/C13H14ClNO3/c1-9(2)6-13(17)18-8-12(16)15-11-5-3-4-10(14)7-11/h3-7H,8H2,1-2H3,(H,15,16). The van der Waals surface area contributed by atoms with Gasteiger partial charge in [-0.15, -0.1) is 0 Å². The van der Waals surface area contributed by atoms with Crippen molar-refractivity contribution in [1.82, 2.24) is 0 Å². The van der Waals surface area contributed by atoms with Crippen LogP contribution in [0.25, 0.3) is 0 Å². The van der Waals surface area contributed by atoms with Crippen LogP contribution in [0.2, 0.25) is 5.02 Å². The molecule has 1 amide bonds. The molecule has 4 nitrogen and oxygen atoms in total. The number of carbonyl (C=O) groups is 2. The van der Waals surface area contributed by atoms with Crippen molar-refractivity contribution in [2.24, 2.45) is 0 Å². The number of amides is 1. The Labute approximate surface area is 111 Å². The van der Waals surface area contributed by atoms with Crippen molar-refractivity contribution in [1.29, 1.82) is 0 Å². The van der Waals surface area contributed by atoms with Gasteiger partial charge in [-0.05, 0) is 32.0 Å². The summed E-state index contributed by atoms with van der Waals surface area (Å²) in [6.45, 7) is 3.22. The van der Waals surface area contributed by atoms with Gasteiger partial charge in [-0.25, -0.2) is 4.79 Å². The third-order valence-corrected chi connectivity index (χ3v) is 2.10. The van der Waals surface area contributed by atoms with Gasteiger partial charge in [0.2, 0.25) is 0 Å². The zero-order valence-electron chi connectivity index (χ0n) is 10.2. The first-order valence-electron chi connectivity index (χ1n) is 5.34. The molecule has 0 aliphatic rings. The van der Waals surface area contributed by atoms with Crippen LogP contribution in [-0.4, -0.2) is 18.5 Å². The highest BCUT2D eigenvalue weighted by atomic mass is 35.5. The SMILES string of the molecule is CC(C)=CC(=O)OCC(=O)Nc1cccc(Cl)c1. The van der Waals surface area contributed by atoms with Gasteiger partial charge in [0.15, 0.2) is 6.61 Å². The van der Waals surface area contributed by atoms with Gasteiger partial charge in [-0.2, -0.15) is 0 Å². The van der Waals surface area contributed by atoms with E-state index in [-0.39, 0.29) is 6.61 Å². The van der Waals surface area contributed by atoms with Crippen LogP contribution in [-0.2, 0) is 14.3 Å². The van der Waals surface area contributed by atoms with Crippen molar-refractivity contribution in [2.75, 3.05) is 11.9 Å². The number of carbonyl (C=O) groups excluding carboxylic acids is 2. The molecule has 0 aromatic heterocycles. The average Bonchev–Trinajstić information content (AvgIpc) is 2.25. The Morgan fingerprint density at radius 2 is 2.11 bits per heavy atom.